The molecule has 0 saturated carbocycles. The molecule has 262 valence electrons. The third-order valence-corrected chi connectivity index (χ3v) is 7.62. The first-order chi connectivity index (χ1) is 22.9. The molecular weight excluding hydrogens is 653 g/mol. The maximum atomic E-state index is 14.5. The molecule has 2 aromatic carbocycles. The summed E-state index contributed by atoms with van der Waals surface area (Å²) >= 11 is 0. The van der Waals surface area contributed by atoms with Crippen molar-refractivity contribution in [3.8, 4) is 11.4 Å². The Hall–Kier alpha value is -5.02. The molecule has 1 aliphatic heterocycles. The molecule has 13 nitrogen and oxygen atoms in total. The summed E-state index contributed by atoms with van der Waals surface area (Å²) in [6, 6.07) is 17.4. The number of carbonyl (C=O) groups excluding carboxylic acids is 2. The van der Waals surface area contributed by atoms with E-state index in [1.807, 2.05) is 56.3 Å². The summed E-state index contributed by atoms with van der Waals surface area (Å²) in [6.07, 6.45) is 0.715. The molecular formula is C34H42FN7O6S. The van der Waals surface area contributed by atoms with Crippen molar-refractivity contribution in [3.05, 3.63) is 89.0 Å². The van der Waals surface area contributed by atoms with Gasteiger partial charge in [0.05, 0.1) is 36.1 Å². The molecule has 0 bridgehead atoms. The monoisotopic (exact) mass is 695 g/mol. The summed E-state index contributed by atoms with van der Waals surface area (Å²) in [4.78, 5) is 34.6. The van der Waals surface area contributed by atoms with E-state index in [4.69, 9.17) is 19.4 Å². The summed E-state index contributed by atoms with van der Waals surface area (Å²) in [5, 5.41) is 10.6. The molecule has 1 saturated heterocycles. The van der Waals surface area contributed by atoms with Gasteiger partial charge < -0.3 is 19.9 Å². The minimum atomic E-state index is -3.67. The van der Waals surface area contributed by atoms with Crippen molar-refractivity contribution in [1.82, 2.24) is 19.7 Å². The molecule has 3 heterocycles. The van der Waals surface area contributed by atoms with E-state index < -0.39 is 27.9 Å². The summed E-state index contributed by atoms with van der Waals surface area (Å²) in [5.74, 6) is 0.509. The van der Waals surface area contributed by atoms with Crippen molar-refractivity contribution in [2.45, 2.75) is 40.0 Å². The normalized spacial score (nSPS) is 13.3. The smallest absolute Gasteiger partial charge is 0.324 e. The van der Waals surface area contributed by atoms with Gasteiger partial charge in [0, 0.05) is 37.7 Å². The highest BCUT2D eigenvalue weighted by molar-refractivity contribution is 7.85. The number of pyridine rings is 1. The number of rotatable bonds is 6. The van der Waals surface area contributed by atoms with Crippen molar-refractivity contribution < 1.29 is 31.7 Å². The van der Waals surface area contributed by atoms with Crippen LogP contribution in [0.3, 0.4) is 0 Å². The number of hydrogen-bond acceptors (Lipinski definition) is 8. The zero-order valence-corrected chi connectivity index (χ0v) is 29.4. The van der Waals surface area contributed by atoms with E-state index in [0.29, 0.717) is 49.6 Å². The SMILES string of the molecule is COc1cccc(F)c1C(=O)N1CCN(c2ccc(NC(=O)Nc3cc(C(C)(C)C)nn3-c3ccc(C)cc3)c(C)n2)CC1.CS(=O)(=O)O. The minimum Gasteiger partial charge on any atom is -0.496 e. The largest absolute Gasteiger partial charge is 0.496 e. The van der Waals surface area contributed by atoms with Crippen LogP contribution in [-0.4, -0.2) is 84.1 Å². The Morgan fingerprint density at radius 1 is 0.959 bits per heavy atom. The van der Waals surface area contributed by atoms with E-state index in [9.17, 15) is 22.4 Å². The molecule has 0 aliphatic carbocycles. The molecule has 49 heavy (non-hydrogen) atoms. The lowest BCUT2D eigenvalue weighted by Crippen LogP contribution is -2.49. The highest BCUT2D eigenvalue weighted by Gasteiger charge is 2.28. The van der Waals surface area contributed by atoms with Crippen LogP contribution < -0.4 is 20.3 Å². The summed E-state index contributed by atoms with van der Waals surface area (Å²) < 4.78 is 47.3. The van der Waals surface area contributed by atoms with E-state index in [0.717, 1.165) is 22.8 Å². The number of anilines is 3. The number of hydrogen-bond donors (Lipinski definition) is 3. The van der Waals surface area contributed by atoms with Crippen LogP contribution in [0.1, 0.15) is 48.1 Å². The second-order valence-corrected chi connectivity index (χ2v) is 14.1. The third-order valence-electron chi connectivity index (χ3n) is 7.62. The van der Waals surface area contributed by atoms with E-state index in [1.165, 1.54) is 19.2 Å². The van der Waals surface area contributed by atoms with Gasteiger partial charge in [-0.2, -0.15) is 13.5 Å². The van der Waals surface area contributed by atoms with Gasteiger partial charge in [0.25, 0.3) is 16.0 Å². The number of methoxy groups -OCH3 is 1. The zero-order chi connectivity index (χ0) is 36.1. The average molecular weight is 696 g/mol. The van der Waals surface area contributed by atoms with Crippen molar-refractivity contribution >= 4 is 39.4 Å². The number of nitrogens with one attached hydrogen (secondary N) is 2. The van der Waals surface area contributed by atoms with Crippen molar-refractivity contribution in [2.75, 3.05) is 55.1 Å². The van der Waals surface area contributed by atoms with Crippen molar-refractivity contribution in [2.24, 2.45) is 0 Å². The summed E-state index contributed by atoms with van der Waals surface area (Å²) in [7, 11) is -2.25. The van der Waals surface area contributed by atoms with Gasteiger partial charge in [-0.25, -0.2) is 18.9 Å². The van der Waals surface area contributed by atoms with Crippen LogP contribution in [0.25, 0.3) is 5.69 Å². The Balaban J connectivity index is 0.00000101. The van der Waals surface area contributed by atoms with Gasteiger partial charge in [-0.1, -0.05) is 44.5 Å². The topological polar surface area (TPSA) is 159 Å². The molecule has 5 rings (SSSR count). The van der Waals surface area contributed by atoms with Gasteiger partial charge in [0.2, 0.25) is 0 Å². The number of benzene rings is 2. The Bertz CT molecular complexity index is 1910. The van der Waals surface area contributed by atoms with Gasteiger partial charge in [-0.3, -0.25) is 14.7 Å². The van der Waals surface area contributed by atoms with Crippen LogP contribution >= 0.6 is 0 Å². The minimum absolute atomic E-state index is 0.0531. The third kappa shape index (κ3) is 9.76. The zero-order valence-electron chi connectivity index (χ0n) is 28.6. The lowest BCUT2D eigenvalue weighted by molar-refractivity contribution is 0.0738. The second-order valence-electron chi connectivity index (χ2n) is 12.6. The Morgan fingerprint density at radius 3 is 2.16 bits per heavy atom. The van der Waals surface area contributed by atoms with Crippen LogP contribution in [-0.2, 0) is 15.5 Å². The lowest BCUT2D eigenvalue weighted by Gasteiger charge is -2.35. The van der Waals surface area contributed by atoms with Gasteiger partial charge in [0.1, 0.15) is 28.8 Å². The number of urea groups is 1. The Labute approximate surface area is 285 Å². The van der Waals surface area contributed by atoms with Crippen molar-refractivity contribution in [1.29, 1.82) is 0 Å². The van der Waals surface area contributed by atoms with Crippen LogP contribution in [0, 0.1) is 19.7 Å². The Kier molecular flexibility index (Phi) is 11.3. The highest BCUT2D eigenvalue weighted by Crippen LogP contribution is 2.28. The quantitative estimate of drug-likeness (QED) is 0.223. The van der Waals surface area contributed by atoms with E-state index in [1.54, 1.807) is 15.6 Å². The second kappa shape index (κ2) is 15.0. The molecule has 3 N–H and O–H groups in total. The number of nitrogens with zero attached hydrogens (tertiary/aromatic N) is 5. The predicted octanol–water partition coefficient (Wildman–Crippen LogP) is 5.44. The number of amides is 3. The number of carbonyl (C=O) groups is 2. The number of piperazine rings is 1. The molecule has 4 aromatic rings. The van der Waals surface area contributed by atoms with Crippen molar-refractivity contribution in [3.63, 3.8) is 0 Å². The lowest BCUT2D eigenvalue weighted by atomic mass is 9.92. The van der Waals surface area contributed by atoms with E-state index in [-0.39, 0.29) is 16.7 Å². The van der Waals surface area contributed by atoms with Crippen LogP contribution in [0.5, 0.6) is 5.75 Å². The van der Waals surface area contributed by atoms with Crippen LogP contribution in [0.2, 0.25) is 0 Å². The van der Waals surface area contributed by atoms with E-state index in [2.05, 4.69) is 36.3 Å². The van der Waals surface area contributed by atoms with Crippen LogP contribution in [0.15, 0.2) is 60.7 Å². The molecule has 0 spiro atoms. The fourth-order valence-electron chi connectivity index (χ4n) is 5.02. The predicted molar refractivity (Wildman–Crippen MR) is 187 cm³/mol. The fourth-order valence-corrected chi connectivity index (χ4v) is 5.02. The number of halogens is 1. The molecule has 1 aliphatic rings. The first-order valence-corrected chi connectivity index (χ1v) is 17.3. The van der Waals surface area contributed by atoms with Gasteiger partial charge in [-0.15, -0.1) is 0 Å². The van der Waals surface area contributed by atoms with E-state index >= 15 is 0 Å². The molecule has 0 radical (unpaired) electrons. The maximum Gasteiger partial charge on any atom is 0.324 e. The highest BCUT2D eigenvalue weighted by atomic mass is 32.2. The first-order valence-electron chi connectivity index (χ1n) is 15.5. The van der Waals surface area contributed by atoms with Gasteiger partial charge >= 0.3 is 6.03 Å². The number of aromatic nitrogens is 3. The molecule has 2 aromatic heterocycles. The number of ether oxygens (including phenoxy) is 1. The standard InChI is InChI=1S/C33H38FN7O3.CH4O3S/c1-21-10-12-23(13-11-21)41-29(20-27(38-41)33(3,4)5)37-32(43)36-25-14-15-28(35-22(25)2)39-16-18-40(19-17-39)31(42)30-24(34)8-7-9-26(30)44-6;1-5(2,3)4/h7-15,20H,16-19H2,1-6H3,(H2,36,37,43);1H3,(H,2,3,4). The Morgan fingerprint density at radius 2 is 1.59 bits per heavy atom. The molecule has 3 amide bonds. The molecule has 0 atom stereocenters. The summed E-state index contributed by atoms with van der Waals surface area (Å²) in [5.41, 5.74) is 3.79. The molecule has 15 heteroatoms. The fraction of sp³-hybridized carbons (Fsp3) is 0.353. The van der Waals surface area contributed by atoms with Crippen LogP contribution in [0.4, 0.5) is 26.5 Å². The first kappa shape index (κ1) is 36.8. The molecule has 0 unspecified atom stereocenters. The van der Waals surface area contributed by atoms with Gasteiger partial charge in [-0.05, 0) is 50.2 Å². The molecule has 1 fully saturated rings. The summed E-state index contributed by atoms with van der Waals surface area (Å²) in [6.45, 7) is 12.0. The average Bonchev–Trinajstić information content (AvgIpc) is 3.45. The number of aryl methyl sites for hydroxylation is 2. The van der Waals surface area contributed by atoms with Gasteiger partial charge in [0.15, 0.2) is 0 Å². The maximum absolute atomic E-state index is 14.5.